The number of aromatic amines is 1. The average molecular weight is 559 g/mol. The van der Waals surface area contributed by atoms with E-state index in [1.165, 1.54) is 27.2 Å². The Kier molecular flexibility index (Phi) is 11.0. The molecule has 7 nitrogen and oxygen atoms in total. The Morgan fingerprint density at radius 3 is 1.77 bits per heavy atom. The highest BCUT2D eigenvalue weighted by atomic mass is 19.3. The van der Waals surface area contributed by atoms with Gasteiger partial charge in [-0.1, -0.05) is 26.0 Å². The maximum Gasteiger partial charge on any atom is 0.338 e. The third-order valence-corrected chi connectivity index (χ3v) is 6.48. The van der Waals surface area contributed by atoms with Crippen molar-refractivity contribution in [2.24, 2.45) is 0 Å². The van der Waals surface area contributed by atoms with E-state index >= 15 is 0 Å². The van der Waals surface area contributed by atoms with Gasteiger partial charge in [0.1, 0.15) is 0 Å². The van der Waals surface area contributed by atoms with Crippen LogP contribution in [0.3, 0.4) is 0 Å². The molecule has 10 heteroatoms. The van der Waals surface area contributed by atoms with E-state index in [2.05, 4.69) is 14.9 Å². The molecule has 0 saturated heterocycles. The average Bonchev–Trinajstić information content (AvgIpc) is 3.28. The highest BCUT2D eigenvalue weighted by molar-refractivity contribution is 6.11. The van der Waals surface area contributed by atoms with E-state index in [0.717, 1.165) is 16.7 Å². The number of hydrogen-bond acceptors (Lipinski definition) is 6. The lowest BCUT2D eigenvalue weighted by Gasteiger charge is -2.11. The molecule has 0 fully saturated rings. The van der Waals surface area contributed by atoms with Crippen molar-refractivity contribution < 1.29 is 37.0 Å². The van der Waals surface area contributed by atoms with E-state index in [9.17, 15) is 27.6 Å². The predicted octanol–water partition coefficient (Wildman–Crippen LogP) is 7.01. The molecular weight excluding hydrogens is 525 g/mol. The molecule has 214 valence electrons. The standard InChI is InChI=1S/C15H16F2O3.C15H17FN2O2/c1-5-10(14(16)17)13(18)11-7-12(15(19)20-4)9(3)6-8(11)2;1-5-10-13(17-18-14(10)16)11-7-12(15(19)20-4)9(3)6-8(11)2/h6-7H,5H2,1-4H3;6-7H,5H2,1-4H3,(H,17,18). The van der Waals surface area contributed by atoms with Gasteiger partial charge in [0.2, 0.25) is 5.95 Å². The van der Waals surface area contributed by atoms with Crippen molar-refractivity contribution in [3.63, 3.8) is 0 Å². The van der Waals surface area contributed by atoms with Crippen LogP contribution in [-0.2, 0) is 15.9 Å². The minimum Gasteiger partial charge on any atom is -0.465 e. The van der Waals surface area contributed by atoms with Crippen LogP contribution >= 0.6 is 0 Å². The predicted molar refractivity (Wildman–Crippen MR) is 145 cm³/mol. The molecule has 0 spiro atoms. The molecule has 1 aromatic heterocycles. The summed E-state index contributed by atoms with van der Waals surface area (Å²) in [6, 6.07) is 6.53. The fourth-order valence-corrected chi connectivity index (χ4v) is 4.30. The van der Waals surface area contributed by atoms with Gasteiger partial charge in [-0.2, -0.15) is 18.3 Å². The van der Waals surface area contributed by atoms with E-state index in [1.54, 1.807) is 26.0 Å². The van der Waals surface area contributed by atoms with E-state index in [0.29, 0.717) is 34.4 Å². The summed E-state index contributed by atoms with van der Waals surface area (Å²) in [5.41, 5.74) is 5.00. The summed E-state index contributed by atoms with van der Waals surface area (Å²) in [7, 11) is 2.56. The highest BCUT2D eigenvalue weighted by Crippen LogP contribution is 2.29. The number of rotatable bonds is 7. The Balaban J connectivity index is 0.000000280. The van der Waals surface area contributed by atoms with Gasteiger partial charge in [0.25, 0.3) is 6.08 Å². The van der Waals surface area contributed by atoms with Crippen molar-refractivity contribution in [3.8, 4) is 11.3 Å². The molecule has 0 amide bonds. The molecule has 0 aliphatic rings. The lowest BCUT2D eigenvalue weighted by atomic mass is 9.93. The first kappa shape index (κ1) is 32.0. The van der Waals surface area contributed by atoms with Gasteiger partial charge < -0.3 is 9.47 Å². The second-order valence-electron chi connectivity index (χ2n) is 9.09. The number of ketones is 1. The largest absolute Gasteiger partial charge is 0.465 e. The molecule has 40 heavy (non-hydrogen) atoms. The van der Waals surface area contributed by atoms with Gasteiger partial charge in [-0.25, -0.2) is 9.59 Å². The number of allylic oxidation sites excluding steroid dienone is 1. The highest BCUT2D eigenvalue weighted by Gasteiger charge is 2.22. The van der Waals surface area contributed by atoms with Crippen molar-refractivity contribution in [3.05, 3.63) is 86.4 Å². The van der Waals surface area contributed by atoms with Crippen LogP contribution in [0.5, 0.6) is 0 Å². The van der Waals surface area contributed by atoms with Crippen LogP contribution in [-0.4, -0.2) is 42.1 Å². The number of methoxy groups -OCH3 is 2. The summed E-state index contributed by atoms with van der Waals surface area (Å²) >= 11 is 0. The minimum atomic E-state index is -1.99. The summed E-state index contributed by atoms with van der Waals surface area (Å²) in [4.78, 5) is 35.5. The number of carbonyl (C=O) groups excluding carboxylic acids is 3. The van der Waals surface area contributed by atoms with Gasteiger partial charge >= 0.3 is 11.9 Å². The van der Waals surface area contributed by atoms with Crippen LogP contribution in [0.4, 0.5) is 13.2 Å². The third-order valence-electron chi connectivity index (χ3n) is 6.48. The molecule has 0 bridgehead atoms. The van der Waals surface area contributed by atoms with Crippen molar-refractivity contribution >= 4 is 17.7 Å². The zero-order valence-electron chi connectivity index (χ0n) is 23.8. The van der Waals surface area contributed by atoms with Crippen molar-refractivity contribution in [2.45, 2.75) is 54.4 Å². The van der Waals surface area contributed by atoms with Gasteiger partial charge in [0.05, 0.1) is 36.6 Å². The van der Waals surface area contributed by atoms with Gasteiger partial charge in [-0.05, 0) is 74.9 Å². The maximum absolute atomic E-state index is 13.6. The fraction of sp³-hybridized carbons (Fsp3) is 0.333. The lowest BCUT2D eigenvalue weighted by Crippen LogP contribution is -2.11. The Morgan fingerprint density at radius 2 is 1.30 bits per heavy atom. The second-order valence-corrected chi connectivity index (χ2v) is 9.09. The lowest BCUT2D eigenvalue weighted by molar-refractivity contribution is 0.0591. The van der Waals surface area contributed by atoms with E-state index in [-0.39, 0.29) is 17.5 Å². The number of carbonyl (C=O) groups is 3. The van der Waals surface area contributed by atoms with Crippen LogP contribution in [0, 0.1) is 33.6 Å². The molecule has 0 saturated carbocycles. The van der Waals surface area contributed by atoms with Crippen molar-refractivity contribution in [1.29, 1.82) is 0 Å². The summed E-state index contributed by atoms with van der Waals surface area (Å²) in [6.45, 7) is 10.4. The number of halogens is 3. The number of Topliss-reactive ketones (excluding diaryl/α,β-unsaturated/α-hetero) is 1. The zero-order chi connectivity index (χ0) is 30.3. The van der Waals surface area contributed by atoms with Crippen LogP contribution < -0.4 is 0 Å². The number of H-pyrrole nitrogens is 1. The van der Waals surface area contributed by atoms with E-state index in [1.807, 2.05) is 26.8 Å². The molecule has 0 unspecified atom stereocenters. The second kappa shape index (κ2) is 13.7. The fourth-order valence-electron chi connectivity index (χ4n) is 4.30. The molecule has 0 atom stereocenters. The van der Waals surface area contributed by atoms with Gasteiger partial charge in [0.15, 0.2) is 5.78 Å². The molecule has 0 aliphatic heterocycles. The molecule has 3 rings (SSSR count). The van der Waals surface area contributed by atoms with Crippen LogP contribution in [0.2, 0.25) is 0 Å². The third kappa shape index (κ3) is 6.86. The van der Waals surface area contributed by atoms with Crippen LogP contribution in [0.15, 0.2) is 35.9 Å². The number of nitrogens with zero attached hydrogens (tertiary/aromatic N) is 1. The summed E-state index contributed by atoms with van der Waals surface area (Å²) in [5.74, 6) is -2.19. The molecule has 0 aliphatic carbocycles. The number of hydrogen-bond donors (Lipinski definition) is 1. The number of nitrogens with one attached hydrogen (secondary N) is 1. The first-order valence-electron chi connectivity index (χ1n) is 12.5. The van der Waals surface area contributed by atoms with Crippen LogP contribution in [0.1, 0.15) is 79.2 Å². The van der Waals surface area contributed by atoms with Crippen LogP contribution in [0.25, 0.3) is 11.3 Å². The molecular formula is C30H33F3N2O5. The first-order chi connectivity index (χ1) is 18.8. The van der Waals surface area contributed by atoms with E-state index in [4.69, 9.17) is 4.74 Å². The molecule has 2 aromatic carbocycles. The molecule has 3 aromatic rings. The Bertz CT molecular complexity index is 1470. The smallest absolute Gasteiger partial charge is 0.338 e. The van der Waals surface area contributed by atoms with Gasteiger partial charge in [-0.15, -0.1) is 0 Å². The number of benzene rings is 2. The molecule has 1 N–H and O–H groups in total. The van der Waals surface area contributed by atoms with Crippen molar-refractivity contribution in [2.75, 3.05) is 14.2 Å². The van der Waals surface area contributed by atoms with Crippen molar-refractivity contribution in [1.82, 2.24) is 10.2 Å². The van der Waals surface area contributed by atoms with Gasteiger partial charge in [0, 0.05) is 16.7 Å². The number of aryl methyl sites for hydroxylation is 4. The first-order valence-corrected chi connectivity index (χ1v) is 12.5. The Labute approximate surface area is 231 Å². The van der Waals surface area contributed by atoms with E-state index < -0.39 is 35.3 Å². The summed E-state index contributed by atoms with van der Waals surface area (Å²) in [6.07, 6.45) is -1.53. The quantitative estimate of drug-likeness (QED) is 0.190. The minimum absolute atomic E-state index is 0.0674. The maximum atomic E-state index is 13.6. The Morgan fingerprint density at radius 1 is 0.800 bits per heavy atom. The SMILES string of the molecule is CCC(C(=O)c1cc(C(=O)OC)c(C)cc1C)=C(F)F.CCc1c(-c2cc(C(=O)OC)c(C)cc2C)n[nH]c1F. The summed E-state index contributed by atoms with van der Waals surface area (Å²) < 4.78 is 48.5. The molecule has 1 heterocycles. The zero-order valence-corrected chi connectivity index (χ0v) is 23.8. The monoisotopic (exact) mass is 558 g/mol. The number of aromatic nitrogens is 2. The normalized spacial score (nSPS) is 10.4. The summed E-state index contributed by atoms with van der Waals surface area (Å²) in [5, 5.41) is 6.38. The topological polar surface area (TPSA) is 98.3 Å². The molecule has 0 radical (unpaired) electrons. The Hall–Kier alpha value is -4.21. The number of ether oxygens (including phenoxy) is 2. The number of esters is 2. The van der Waals surface area contributed by atoms with Gasteiger partial charge in [-0.3, -0.25) is 9.89 Å².